The van der Waals surface area contributed by atoms with Crippen LogP contribution in [0.15, 0.2) is 45.6 Å². The average molecular weight is 475 g/mol. The van der Waals surface area contributed by atoms with E-state index in [2.05, 4.69) is 44.9 Å². The highest BCUT2D eigenvalue weighted by molar-refractivity contribution is 7.03. The van der Waals surface area contributed by atoms with Gasteiger partial charge in [0, 0.05) is 22.7 Å². The summed E-state index contributed by atoms with van der Waals surface area (Å²) in [5, 5.41) is 24.1. The SMILES string of the molecule is O=c1[nH]c(O)c(/C=c2\cnn3c(=NC4CC4)nc(NCc4ccc(-c5csnn5)cc4)nc23)[nH]1. The van der Waals surface area contributed by atoms with Crippen molar-refractivity contribution in [1.82, 2.24) is 39.1 Å². The van der Waals surface area contributed by atoms with Crippen LogP contribution in [-0.2, 0) is 6.54 Å². The lowest BCUT2D eigenvalue weighted by Crippen LogP contribution is -2.24. The Morgan fingerprint density at radius 3 is 2.79 bits per heavy atom. The number of anilines is 1. The number of aromatic nitrogens is 8. The molecular formula is C21H18N10O2S. The maximum Gasteiger partial charge on any atom is 0.326 e. The van der Waals surface area contributed by atoms with Gasteiger partial charge in [0.1, 0.15) is 11.4 Å². The number of hydrogen-bond acceptors (Lipinski definition) is 10. The summed E-state index contributed by atoms with van der Waals surface area (Å²) in [5.41, 5.74) is 3.60. The summed E-state index contributed by atoms with van der Waals surface area (Å²) in [4.78, 5) is 30.2. The Morgan fingerprint density at radius 1 is 1.24 bits per heavy atom. The van der Waals surface area contributed by atoms with Gasteiger partial charge in [-0.25, -0.2) is 9.79 Å². The Balaban J connectivity index is 1.34. The second-order valence-corrected chi connectivity index (χ2v) is 8.48. The predicted octanol–water partition coefficient (Wildman–Crippen LogP) is 0.588. The molecule has 5 aromatic rings. The van der Waals surface area contributed by atoms with Crippen LogP contribution in [0.4, 0.5) is 5.95 Å². The van der Waals surface area contributed by atoms with Crippen molar-refractivity contribution < 1.29 is 5.11 Å². The summed E-state index contributed by atoms with van der Waals surface area (Å²) < 4.78 is 5.46. The molecule has 0 unspecified atom stereocenters. The van der Waals surface area contributed by atoms with Crippen molar-refractivity contribution in [3.05, 3.63) is 68.4 Å². The Morgan fingerprint density at radius 2 is 2.09 bits per heavy atom. The topological polar surface area (TPSA) is 162 Å². The molecule has 170 valence electrons. The van der Waals surface area contributed by atoms with Gasteiger partial charge < -0.3 is 15.4 Å². The summed E-state index contributed by atoms with van der Waals surface area (Å²) in [6.45, 7) is 0.508. The van der Waals surface area contributed by atoms with Gasteiger partial charge in [-0.1, -0.05) is 28.8 Å². The van der Waals surface area contributed by atoms with E-state index in [9.17, 15) is 9.90 Å². The van der Waals surface area contributed by atoms with Gasteiger partial charge in [0.2, 0.25) is 11.8 Å². The van der Waals surface area contributed by atoms with Crippen LogP contribution < -0.4 is 21.8 Å². The maximum atomic E-state index is 11.5. The minimum Gasteiger partial charge on any atom is -0.493 e. The molecule has 6 rings (SSSR count). The van der Waals surface area contributed by atoms with E-state index < -0.39 is 5.69 Å². The molecule has 4 N–H and O–H groups in total. The lowest BCUT2D eigenvalue weighted by atomic mass is 10.1. The van der Waals surface area contributed by atoms with E-state index in [0.29, 0.717) is 29.0 Å². The van der Waals surface area contributed by atoms with Crippen LogP contribution in [0, 0.1) is 0 Å². The third-order valence-corrected chi connectivity index (χ3v) is 5.82. The number of benzene rings is 1. The maximum absolute atomic E-state index is 11.5. The zero-order chi connectivity index (χ0) is 23.1. The molecular weight excluding hydrogens is 456 g/mol. The van der Waals surface area contributed by atoms with Crippen molar-refractivity contribution >= 4 is 29.2 Å². The first-order valence-electron chi connectivity index (χ1n) is 10.6. The number of nitrogens with zero attached hydrogens (tertiary/aromatic N) is 7. The minimum atomic E-state index is -0.501. The molecule has 12 nitrogen and oxygen atoms in total. The van der Waals surface area contributed by atoms with Crippen LogP contribution in [0.3, 0.4) is 0 Å². The molecule has 0 saturated heterocycles. The van der Waals surface area contributed by atoms with Crippen molar-refractivity contribution in [2.45, 2.75) is 25.4 Å². The molecule has 1 aliphatic carbocycles. The highest BCUT2D eigenvalue weighted by Gasteiger charge is 2.21. The largest absolute Gasteiger partial charge is 0.493 e. The van der Waals surface area contributed by atoms with E-state index >= 15 is 0 Å². The van der Waals surface area contributed by atoms with Gasteiger partial charge in [-0.05, 0) is 36.0 Å². The number of imidazole rings is 1. The van der Waals surface area contributed by atoms with Gasteiger partial charge in [0.05, 0.1) is 12.2 Å². The molecule has 1 aromatic carbocycles. The van der Waals surface area contributed by atoms with E-state index in [-0.39, 0.29) is 17.6 Å². The van der Waals surface area contributed by atoms with Gasteiger partial charge in [-0.2, -0.15) is 19.6 Å². The molecule has 0 amide bonds. The van der Waals surface area contributed by atoms with Crippen molar-refractivity contribution in [3.8, 4) is 17.1 Å². The van der Waals surface area contributed by atoms with Gasteiger partial charge in [0.15, 0.2) is 5.65 Å². The Bertz CT molecular complexity index is 1650. The highest BCUT2D eigenvalue weighted by Crippen LogP contribution is 2.22. The molecule has 0 atom stereocenters. The zero-order valence-electron chi connectivity index (χ0n) is 17.6. The van der Waals surface area contributed by atoms with Gasteiger partial charge >= 0.3 is 5.69 Å². The molecule has 4 aromatic heterocycles. The molecule has 4 heterocycles. The molecule has 34 heavy (non-hydrogen) atoms. The van der Waals surface area contributed by atoms with Crippen LogP contribution in [-0.4, -0.2) is 50.3 Å². The summed E-state index contributed by atoms with van der Waals surface area (Å²) in [7, 11) is 0. The van der Waals surface area contributed by atoms with E-state index in [1.165, 1.54) is 11.5 Å². The van der Waals surface area contributed by atoms with Gasteiger partial charge in [-0.15, -0.1) is 5.10 Å². The van der Waals surface area contributed by atoms with Crippen molar-refractivity contribution in [2.24, 2.45) is 4.99 Å². The molecule has 0 radical (unpaired) electrons. The van der Waals surface area contributed by atoms with Crippen molar-refractivity contribution in [3.63, 3.8) is 0 Å². The van der Waals surface area contributed by atoms with Crippen LogP contribution in [0.1, 0.15) is 24.1 Å². The van der Waals surface area contributed by atoms with Gasteiger partial charge in [-0.3, -0.25) is 4.98 Å². The van der Waals surface area contributed by atoms with E-state index in [1.54, 1.807) is 16.8 Å². The number of fused-ring (bicyclic) bond motifs is 1. The molecule has 1 fully saturated rings. The fourth-order valence-electron chi connectivity index (χ4n) is 3.42. The molecule has 13 heteroatoms. The number of nitrogens with one attached hydrogen (secondary N) is 3. The van der Waals surface area contributed by atoms with E-state index in [0.717, 1.165) is 29.7 Å². The van der Waals surface area contributed by atoms with Crippen LogP contribution >= 0.6 is 11.5 Å². The lowest BCUT2D eigenvalue weighted by molar-refractivity contribution is 0.454. The smallest absolute Gasteiger partial charge is 0.326 e. The van der Waals surface area contributed by atoms with Crippen LogP contribution in [0.5, 0.6) is 5.88 Å². The Kier molecular flexibility index (Phi) is 4.87. The summed E-state index contributed by atoms with van der Waals surface area (Å²) in [6.07, 6.45) is 5.23. The van der Waals surface area contributed by atoms with Crippen LogP contribution in [0.25, 0.3) is 23.0 Å². The second-order valence-electron chi connectivity index (χ2n) is 7.87. The van der Waals surface area contributed by atoms with E-state index in [4.69, 9.17) is 0 Å². The molecule has 0 spiro atoms. The number of aromatic amines is 2. The fourth-order valence-corrected chi connectivity index (χ4v) is 3.89. The first kappa shape index (κ1) is 20.2. The lowest BCUT2D eigenvalue weighted by Gasteiger charge is -2.06. The monoisotopic (exact) mass is 474 g/mol. The minimum absolute atomic E-state index is 0.236. The third-order valence-electron chi connectivity index (χ3n) is 5.32. The predicted molar refractivity (Wildman–Crippen MR) is 124 cm³/mol. The Hall–Kier alpha value is -4.39. The first-order chi connectivity index (χ1) is 16.6. The number of H-pyrrole nitrogens is 2. The third kappa shape index (κ3) is 4.03. The first-order valence-corrected chi connectivity index (χ1v) is 11.4. The standard InChI is InChI=1S/C21H18N10O2S/c32-18-15(25-21(33)27-18)7-13-9-23-31-17(13)26-19(28-20(31)24-14-5-6-14)22-8-11-1-3-12(4-2-11)16-10-34-30-29-16/h1-4,7,9-10,14,32H,5-6,8H2,(H,22,24,28)(H2,25,27,33)/b13-7+. The Labute approximate surface area is 194 Å². The number of hydrogen-bond donors (Lipinski definition) is 4. The molecule has 1 aliphatic rings. The molecule has 0 aliphatic heterocycles. The van der Waals surface area contributed by atoms with E-state index in [1.807, 2.05) is 29.6 Å². The average Bonchev–Trinajstić information content (AvgIpc) is 3.20. The second kappa shape index (κ2) is 8.19. The van der Waals surface area contributed by atoms with Crippen molar-refractivity contribution in [2.75, 3.05) is 5.32 Å². The zero-order valence-corrected chi connectivity index (χ0v) is 18.5. The highest BCUT2D eigenvalue weighted by atomic mass is 32.1. The number of rotatable bonds is 6. The van der Waals surface area contributed by atoms with Gasteiger partial charge in [0.25, 0.3) is 5.62 Å². The normalized spacial score (nSPS) is 14.8. The summed E-state index contributed by atoms with van der Waals surface area (Å²) in [6, 6.07) is 8.26. The quantitative estimate of drug-likeness (QED) is 0.278. The summed E-state index contributed by atoms with van der Waals surface area (Å²) >= 11 is 1.32. The van der Waals surface area contributed by atoms with Crippen molar-refractivity contribution in [1.29, 1.82) is 0 Å². The summed E-state index contributed by atoms with van der Waals surface area (Å²) in [5.74, 6) is 0.151. The van der Waals surface area contributed by atoms with Crippen LogP contribution in [0.2, 0.25) is 0 Å². The fraction of sp³-hybridized carbons (Fsp3) is 0.190. The molecule has 0 bridgehead atoms. The molecule has 1 saturated carbocycles. The number of aromatic hydroxyl groups is 1.